The van der Waals surface area contributed by atoms with Crippen LogP contribution in [0.15, 0.2) is 30.3 Å². The molecule has 138 valence electrons. The number of aromatic hydroxyl groups is 1. The van der Waals surface area contributed by atoms with Crippen LogP contribution in [0, 0.1) is 13.8 Å². The zero-order valence-corrected chi connectivity index (χ0v) is 15.6. The third kappa shape index (κ3) is 3.40. The summed E-state index contributed by atoms with van der Waals surface area (Å²) in [5, 5.41) is 9.71. The van der Waals surface area contributed by atoms with Gasteiger partial charge in [0, 0.05) is 6.54 Å². The van der Waals surface area contributed by atoms with E-state index in [0.717, 1.165) is 40.8 Å². The number of para-hydroxylation sites is 1. The number of hydrogen-bond acceptors (Lipinski definition) is 4. The first kappa shape index (κ1) is 18.3. The van der Waals surface area contributed by atoms with Gasteiger partial charge in [0.15, 0.2) is 0 Å². The van der Waals surface area contributed by atoms with Gasteiger partial charge in [-0.25, -0.2) is 0 Å². The van der Waals surface area contributed by atoms with E-state index in [-0.39, 0.29) is 11.7 Å². The van der Waals surface area contributed by atoms with Gasteiger partial charge in [0.2, 0.25) is 5.91 Å². The van der Waals surface area contributed by atoms with Crippen molar-refractivity contribution >= 4 is 11.6 Å². The maximum absolute atomic E-state index is 13.1. The molecule has 2 aromatic carbocycles. The number of ether oxygens (including phenoxy) is 1. The van der Waals surface area contributed by atoms with Crippen molar-refractivity contribution in [1.82, 2.24) is 0 Å². The van der Waals surface area contributed by atoms with Crippen LogP contribution in [0.25, 0.3) is 0 Å². The minimum atomic E-state index is -0.646. The summed E-state index contributed by atoms with van der Waals surface area (Å²) in [7, 11) is 1.62. The Morgan fingerprint density at radius 2 is 2.00 bits per heavy atom. The third-order valence-corrected chi connectivity index (χ3v) is 5.09. The molecule has 0 saturated carbocycles. The summed E-state index contributed by atoms with van der Waals surface area (Å²) in [6.07, 6.45) is 2.29. The van der Waals surface area contributed by atoms with Crippen LogP contribution in [0.2, 0.25) is 0 Å². The second-order valence-electron chi connectivity index (χ2n) is 6.93. The minimum absolute atomic E-state index is 0.0951. The predicted molar refractivity (Wildman–Crippen MR) is 103 cm³/mol. The second-order valence-corrected chi connectivity index (χ2v) is 6.93. The van der Waals surface area contributed by atoms with Crippen molar-refractivity contribution in [3.05, 3.63) is 52.6 Å². The van der Waals surface area contributed by atoms with Gasteiger partial charge >= 0.3 is 0 Å². The van der Waals surface area contributed by atoms with E-state index >= 15 is 0 Å². The molecule has 1 amide bonds. The number of nitrogens with zero attached hydrogens (tertiary/aromatic N) is 1. The number of phenols is 1. The lowest BCUT2D eigenvalue weighted by Crippen LogP contribution is -2.47. The summed E-state index contributed by atoms with van der Waals surface area (Å²) >= 11 is 0. The number of nitrogens with two attached hydrogens (primary N) is 1. The van der Waals surface area contributed by atoms with Gasteiger partial charge in [0.1, 0.15) is 11.5 Å². The fourth-order valence-electron chi connectivity index (χ4n) is 3.80. The molecule has 0 saturated heterocycles. The minimum Gasteiger partial charge on any atom is -0.508 e. The number of carbonyl (C=O) groups excluding carboxylic acids is 1. The summed E-state index contributed by atoms with van der Waals surface area (Å²) in [5.74, 6) is 0.848. The Bertz CT molecular complexity index is 795. The second kappa shape index (κ2) is 7.38. The highest BCUT2D eigenvalue weighted by molar-refractivity contribution is 5.99. The van der Waals surface area contributed by atoms with E-state index in [1.54, 1.807) is 24.1 Å². The molecule has 3 N–H and O–H groups in total. The molecule has 1 heterocycles. The SMILES string of the molecule is COc1cccc2c1N(C(=O)[C@H](N)Cc1c(C)cc(O)cc1C)CCC2. The molecule has 0 bridgehead atoms. The molecule has 0 radical (unpaired) electrons. The maximum atomic E-state index is 13.1. The zero-order chi connectivity index (χ0) is 18.8. The molecule has 0 unspecified atom stereocenters. The van der Waals surface area contributed by atoms with Crippen LogP contribution >= 0.6 is 0 Å². The number of benzene rings is 2. The number of fused-ring (bicyclic) bond motifs is 1. The van der Waals surface area contributed by atoms with E-state index in [1.807, 2.05) is 32.0 Å². The zero-order valence-electron chi connectivity index (χ0n) is 15.6. The van der Waals surface area contributed by atoms with Crippen molar-refractivity contribution in [2.24, 2.45) is 5.73 Å². The van der Waals surface area contributed by atoms with Crippen LogP contribution in [0.1, 0.15) is 28.7 Å². The third-order valence-electron chi connectivity index (χ3n) is 5.09. The molecule has 1 aliphatic rings. The first-order valence-corrected chi connectivity index (χ1v) is 8.94. The summed E-state index contributed by atoms with van der Waals surface area (Å²) in [4.78, 5) is 14.9. The van der Waals surface area contributed by atoms with Crippen molar-refractivity contribution in [2.75, 3.05) is 18.6 Å². The van der Waals surface area contributed by atoms with Crippen molar-refractivity contribution in [3.8, 4) is 11.5 Å². The highest BCUT2D eigenvalue weighted by Gasteiger charge is 2.29. The highest BCUT2D eigenvalue weighted by Crippen LogP contribution is 2.36. The molecule has 5 nitrogen and oxygen atoms in total. The number of phenolic OH excluding ortho intramolecular Hbond substituents is 1. The quantitative estimate of drug-likeness (QED) is 0.885. The summed E-state index contributed by atoms with van der Waals surface area (Å²) in [5.41, 5.74) is 11.2. The Morgan fingerprint density at radius 1 is 1.31 bits per heavy atom. The number of hydrogen-bond donors (Lipinski definition) is 2. The van der Waals surface area contributed by atoms with Gasteiger partial charge in [-0.3, -0.25) is 4.79 Å². The van der Waals surface area contributed by atoms with E-state index in [1.165, 1.54) is 0 Å². The summed E-state index contributed by atoms with van der Waals surface area (Å²) in [6.45, 7) is 4.50. The number of aryl methyl sites for hydroxylation is 3. The Labute approximate surface area is 154 Å². The van der Waals surface area contributed by atoms with Gasteiger partial charge in [-0.15, -0.1) is 0 Å². The van der Waals surface area contributed by atoms with Crippen molar-refractivity contribution in [1.29, 1.82) is 0 Å². The van der Waals surface area contributed by atoms with Gasteiger partial charge in [-0.2, -0.15) is 0 Å². The Balaban J connectivity index is 1.87. The van der Waals surface area contributed by atoms with E-state index in [9.17, 15) is 9.90 Å². The van der Waals surface area contributed by atoms with Crippen molar-refractivity contribution in [2.45, 2.75) is 39.2 Å². The highest BCUT2D eigenvalue weighted by atomic mass is 16.5. The first-order chi connectivity index (χ1) is 12.4. The average molecular weight is 354 g/mol. The number of rotatable bonds is 4. The van der Waals surface area contributed by atoms with Gasteiger partial charge in [0.05, 0.1) is 18.8 Å². The summed E-state index contributed by atoms with van der Waals surface area (Å²) < 4.78 is 5.48. The van der Waals surface area contributed by atoms with Crippen LogP contribution in [-0.4, -0.2) is 30.7 Å². The van der Waals surface area contributed by atoms with E-state index in [4.69, 9.17) is 10.5 Å². The van der Waals surface area contributed by atoms with Gasteiger partial charge in [0.25, 0.3) is 0 Å². The number of carbonyl (C=O) groups is 1. The van der Waals surface area contributed by atoms with Gasteiger partial charge < -0.3 is 20.5 Å². The molecular weight excluding hydrogens is 328 g/mol. The monoisotopic (exact) mass is 354 g/mol. The standard InChI is InChI=1S/C21H26N2O3/c1-13-10-16(24)11-14(2)17(13)12-18(22)21(25)23-9-5-7-15-6-4-8-19(26-3)20(15)23/h4,6,8,10-11,18,24H,5,7,9,12,22H2,1-3H3/t18-/m1/s1. The molecule has 0 aromatic heterocycles. The van der Waals surface area contributed by atoms with Crippen molar-refractivity contribution < 1.29 is 14.6 Å². The molecule has 1 atom stereocenters. The molecule has 3 rings (SSSR count). The Hall–Kier alpha value is -2.53. The molecule has 26 heavy (non-hydrogen) atoms. The largest absolute Gasteiger partial charge is 0.508 e. The molecule has 0 aliphatic carbocycles. The van der Waals surface area contributed by atoms with E-state index < -0.39 is 6.04 Å². The van der Waals surface area contributed by atoms with E-state index in [2.05, 4.69) is 0 Å². The molecule has 2 aromatic rings. The maximum Gasteiger partial charge on any atom is 0.244 e. The fraction of sp³-hybridized carbons (Fsp3) is 0.381. The Morgan fingerprint density at radius 3 is 2.65 bits per heavy atom. The smallest absolute Gasteiger partial charge is 0.244 e. The van der Waals surface area contributed by atoms with Crippen LogP contribution in [0.4, 0.5) is 5.69 Å². The molecule has 5 heteroatoms. The summed E-state index contributed by atoms with van der Waals surface area (Å²) in [6, 6.07) is 8.64. The van der Waals surface area contributed by atoms with Gasteiger partial charge in [-0.1, -0.05) is 12.1 Å². The molecular formula is C21H26N2O3. The normalized spacial score (nSPS) is 14.7. The topological polar surface area (TPSA) is 75.8 Å². The lowest BCUT2D eigenvalue weighted by molar-refractivity contribution is -0.119. The van der Waals surface area contributed by atoms with Crippen LogP contribution in [-0.2, 0) is 17.6 Å². The van der Waals surface area contributed by atoms with Gasteiger partial charge in [-0.05, 0) is 73.6 Å². The first-order valence-electron chi connectivity index (χ1n) is 8.94. The predicted octanol–water partition coefficient (Wildman–Crippen LogP) is 2.87. The Kier molecular flexibility index (Phi) is 5.18. The van der Waals surface area contributed by atoms with E-state index in [0.29, 0.717) is 18.7 Å². The number of amides is 1. The van der Waals surface area contributed by atoms with Crippen LogP contribution in [0.3, 0.4) is 0 Å². The lowest BCUT2D eigenvalue weighted by atomic mass is 9.94. The number of methoxy groups -OCH3 is 1. The molecule has 0 fully saturated rings. The van der Waals surface area contributed by atoms with Crippen LogP contribution in [0.5, 0.6) is 11.5 Å². The van der Waals surface area contributed by atoms with Crippen LogP contribution < -0.4 is 15.4 Å². The molecule has 0 spiro atoms. The number of anilines is 1. The van der Waals surface area contributed by atoms with Crippen molar-refractivity contribution in [3.63, 3.8) is 0 Å². The molecule has 1 aliphatic heterocycles. The fourth-order valence-corrected chi connectivity index (χ4v) is 3.80. The average Bonchev–Trinajstić information content (AvgIpc) is 2.62. The lowest BCUT2D eigenvalue weighted by Gasteiger charge is -2.32.